The zero-order valence-electron chi connectivity index (χ0n) is 20.5. The third kappa shape index (κ3) is 5.04. The number of carbonyl (C=O) groups excluding carboxylic acids is 1. The van der Waals surface area contributed by atoms with E-state index in [4.69, 9.17) is 9.52 Å². The van der Waals surface area contributed by atoms with Crippen LogP contribution in [0.5, 0.6) is 0 Å². The quantitative estimate of drug-likeness (QED) is 0.379. The molecule has 1 amide bonds. The number of amides is 1. The average molecular weight is 470 g/mol. The van der Waals surface area contributed by atoms with E-state index in [2.05, 4.69) is 47.6 Å². The van der Waals surface area contributed by atoms with Crippen LogP contribution in [0.4, 0.5) is 0 Å². The number of aryl methyl sites for hydroxylation is 3. The van der Waals surface area contributed by atoms with Gasteiger partial charge in [-0.15, -0.1) is 10.2 Å². The fraction of sp³-hybridized carbons (Fsp3) is 0.357. The largest absolute Gasteiger partial charge is 0.420 e. The Labute approximate surface area is 205 Å². The second-order valence-electron chi connectivity index (χ2n) is 9.66. The molecule has 0 aliphatic heterocycles. The molecule has 1 aliphatic carbocycles. The number of aromatic nitrogens is 4. The summed E-state index contributed by atoms with van der Waals surface area (Å²) >= 11 is 0. The average Bonchev–Trinajstić information content (AvgIpc) is 3.49. The highest BCUT2D eigenvalue weighted by atomic mass is 16.4. The van der Waals surface area contributed by atoms with Gasteiger partial charge in [0.1, 0.15) is 5.69 Å². The van der Waals surface area contributed by atoms with Gasteiger partial charge in [0.25, 0.3) is 11.8 Å². The summed E-state index contributed by atoms with van der Waals surface area (Å²) in [5.74, 6) is 1.39. The molecule has 0 radical (unpaired) electrons. The van der Waals surface area contributed by atoms with E-state index in [-0.39, 0.29) is 11.9 Å². The number of fused-ring (bicyclic) bond motifs is 1. The van der Waals surface area contributed by atoms with Crippen LogP contribution in [0.3, 0.4) is 0 Å². The van der Waals surface area contributed by atoms with Crippen LogP contribution >= 0.6 is 0 Å². The highest BCUT2D eigenvalue weighted by molar-refractivity contribution is 5.95. The summed E-state index contributed by atoms with van der Waals surface area (Å²) in [5.41, 5.74) is 5.69. The van der Waals surface area contributed by atoms with Crippen molar-refractivity contribution in [2.24, 2.45) is 5.92 Å². The summed E-state index contributed by atoms with van der Waals surface area (Å²) in [4.78, 5) is 13.3. The van der Waals surface area contributed by atoms with Gasteiger partial charge >= 0.3 is 0 Å². The van der Waals surface area contributed by atoms with Crippen molar-refractivity contribution in [3.05, 3.63) is 82.9 Å². The van der Waals surface area contributed by atoms with Gasteiger partial charge in [0.05, 0.1) is 11.7 Å². The second kappa shape index (κ2) is 9.86. The van der Waals surface area contributed by atoms with Crippen molar-refractivity contribution >= 4 is 5.91 Å². The van der Waals surface area contributed by atoms with Crippen molar-refractivity contribution < 1.29 is 9.21 Å². The fourth-order valence-electron chi connectivity index (χ4n) is 4.69. The number of carbonyl (C=O) groups is 1. The van der Waals surface area contributed by atoms with Crippen LogP contribution in [0.25, 0.3) is 17.3 Å². The van der Waals surface area contributed by atoms with Gasteiger partial charge in [-0.2, -0.15) is 5.10 Å². The highest BCUT2D eigenvalue weighted by Crippen LogP contribution is 2.30. The number of nitrogens with one attached hydrogen (secondary N) is 1. The molecule has 7 heteroatoms. The molecule has 0 fully saturated rings. The van der Waals surface area contributed by atoms with Gasteiger partial charge < -0.3 is 9.73 Å². The summed E-state index contributed by atoms with van der Waals surface area (Å²) in [5, 5.41) is 16.1. The van der Waals surface area contributed by atoms with Gasteiger partial charge in [0.2, 0.25) is 5.89 Å². The fourth-order valence-corrected chi connectivity index (χ4v) is 4.69. The first-order valence-corrected chi connectivity index (χ1v) is 12.4. The third-order valence-corrected chi connectivity index (χ3v) is 6.53. The lowest BCUT2D eigenvalue weighted by atomic mass is 9.87. The molecule has 0 saturated carbocycles. The second-order valence-corrected chi connectivity index (χ2v) is 9.66. The molecule has 0 spiro atoms. The van der Waals surface area contributed by atoms with Crippen LogP contribution in [0.2, 0.25) is 0 Å². The van der Waals surface area contributed by atoms with Crippen LogP contribution in [0.15, 0.2) is 59.0 Å². The Bertz CT molecular complexity index is 1340. The van der Waals surface area contributed by atoms with Gasteiger partial charge in [-0.3, -0.25) is 4.79 Å². The Morgan fingerprint density at radius 2 is 2.00 bits per heavy atom. The number of benzene rings is 2. The topological polar surface area (TPSA) is 85.8 Å². The summed E-state index contributed by atoms with van der Waals surface area (Å²) in [6.45, 7) is 6.18. The van der Waals surface area contributed by atoms with Crippen LogP contribution in [-0.2, 0) is 12.8 Å². The summed E-state index contributed by atoms with van der Waals surface area (Å²) in [6.07, 6.45) is 4.97. The predicted octanol–water partition coefficient (Wildman–Crippen LogP) is 5.63. The Balaban J connectivity index is 1.43. The van der Waals surface area contributed by atoms with Crippen LogP contribution < -0.4 is 5.32 Å². The molecule has 4 aromatic rings. The minimum Gasteiger partial charge on any atom is -0.420 e. The van der Waals surface area contributed by atoms with Crippen LogP contribution in [0.1, 0.15) is 72.2 Å². The zero-order valence-corrected chi connectivity index (χ0v) is 20.5. The van der Waals surface area contributed by atoms with E-state index in [9.17, 15) is 4.79 Å². The molecule has 5 rings (SSSR count). The van der Waals surface area contributed by atoms with Gasteiger partial charge in [-0.1, -0.05) is 44.2 Å². The Kier molecular flexibility index (Phi) is 6.49. The van der Waals surface area contributed by atoms with Crippen molar-refractivity contribution in [2.75, 3.05) is 0 Å². The summed E-state index contributed by atoms with van der Waals surface area (Å²) in [6, 6.07) is 18.1. The minimum absolute atomic E-state index is 0.0368. The molecule has 1 N–H and O–H groups in total. The van der Waals surface area contributed by atoms with E-state index < -0.39 is 0 Å². The molecule has 1 aliphatic rings. The number of hydrogen-bond donors (Lipinski definition) is 1. The van der Waals surface area contributed by atoms with Gasteiger partial charge in [0.15, 0.2) is 0 Å². The lowest BCUT2D eigenvalue weighted by Crippen LogP contribution is -2.31. The molecular weight excluding hydrogens is 438 g/mol. The van der Waals surface area contributed by atoms with Crippen molar-refractivity contribution in [2.45, 2.75) is 58.9 Å². The molecular formula is C28H31N5O2. The maximum Gasteiger partial charge on any atom is 0.268 e. The van der Waals surface area contributed by atoms with Gasteiger partial charge in [-0.25, -0.2) is 4.68 Å². The smallest absolute Gasteiger partial charge is 0.268 e. The monoisotopic (exact) mass is 469 g/mol. The normalized spacial score (nSPS) is 15.3. The molecule has 1 atom stereocenters. The zero-order chi connectivity index (χ0) is 24.4. The molecule has 2 heterocycles. The summed E-state index contributed by atoms with van der Waals surface area (Å²) < 4.78 is 7.51. The number of nitrogens with zero attached hydrogens (tertiary/aromatic N) is 4. The Morgan fingerprint density at radius 1 is 1.14 bits per heavy atom. The lowest BCUT2D eigenvalue weighted by molar-refractivity contribution is 0.0932. The standard InChI is InChI=1S/C28H31N5O2/c1-18(2)14-15-23-17-26(28-31-30-19(3)35-28)32-33(23)22-11-6-10-21(16-22)27(34)29-25-13-7-9-20-8-4-5-12-24(20)25/h4-6,8,10-12,16-18,25H,7,9,13-15H2,1-3H3,(H,29,34). The van der Waals surface area contributed by atoms with Gasteiger partial charge in [0, 0.05) is 18.2 Å². The molecule has 180 valence electrons. The predicted molar refractivity (Wildman–Crippen MR) is 134 cm³/mol. The minimum atomic E-state index is -0.0720. The molecule has 0 bridgehead atoms. The van der Waals surface area contributed by atoms with E-state index in [0.717, 1.165) is 43.5 Å². The summed E-state index contributed by atoms with van der Waals surface area (Å²) in [7, 11) is 0. The van der Waals surface area contributed by atoms with Gasteiger partial charge in [-0.05, 0) is 73.4 Å². The highest BCUT2D eigenvalue weighted by Gasteiger charge is 2.22. The Morgan fingerprint density at radius 3 is 2.80 bits per heavy atom. The van der Waals surface area contributed by atoms with E-state index in [1.54, 1.807) is 6.92 Å². The number of rotatable bonds is 7. The van der Waals surface area contributed by atoms with E-state index in [0.29, 0.717) is 29.0 Å². The molecule has 35 heavy (non-hydrogen) atoms. The SMILES string of the molecule is Cc1nnc(-c2cc(CCC(C)C)n(-c3cccc(C(=O)NC4CCCc5ccccc54)c3)n2)o1. The first-order chi connectivity index (χ1) is 17.0. The maximum atomic E-state index is 13.3. The van der Waals surface area contributed by atoms with Crippen LogP contribution in [-0.4, -0.2) is 25.9 Å². The van der Waals surface area contributed by atoms with E-state index in [1.165, 1.54) is 11.1 Å². The number of hydrogen-bond acceptors (Lipinski definition) is 5. The van der Waals surface area contributed by atoms with Crippen molar-refractivity contribution in [1.82, 2.24) is 25.3 Å². The molecule has 0 saturated heterocycles. The van der Waals surface area contributed by atoms with Crippen molar-refractivity contribution in [1.29, 1.82) is 0 Å². The lowest BCUT2D eigenvalue weighted by Gasteiger charge is -2.26. The molecule has 7 nitrogen and oxygen atoms in total. The van der Waals surface area contributed by atoms with E-state index in [1.807, 2.05) is 41.1 Å². The molecule has 1 unspecified atom stereocenters. The third-order valence-electron chi connectivity index (χ3n) is 6.53. The first kappa shape index (κ1) is 23.0. The maximum absolute atomic E-state index is 13.3. The first-order valence-electron chi connectivity index (χ1n) is 12.4. The van der Waals surface area contributed by atoms with Crippen molar-refractivity contribution in [3.63, 3.8) is 0 Å². The molecule has 2 aromatic carbocycles. The molecule has 2 aromatic heterocycles. The van der Waals surface area contributed by atoms with E-state index >= 15 is 0 Å². The Hall–Kier alpha value is -3.74. The van der Waals surface area contributed by atoms with Crippen LogP contribution in [0, 0.1) is 12.8 Å². The van der Waals surface area contributed by atoms with Crippen molar-refractivity contribution in [3.8, 4) is 17.3 Å².